The van der Waals surface area contributed by atoms with Gasteiger partial charge in [-0.1, -0.05) is 12.1 Å². The topological polar surface area (TPSA) is 129 Å². The molecule has 0 spiro atoms. The smallest absolute Gasteiger partial charge is 0.165 e. The van der Waals surface area contributed by atoms with Gasteiger partial charge in [0.25, 0.3) is 0 Å². The molecule has 29 heavy (non-hydrogen) atoms. The molecule has 3 aromatic rings. The van der Waals surface area contributed by atoms with Crippen molar-refractivity contribution in [2.24, 2.45) is 11.3 Å². The number of ether oxygens (including phenoxy) is 2. The zero-order valence-electron chi connectivity index (χ0n) is 16.0. The van der Waals surface area contributed by atoms with Crippen molar-refractivity contribution in [2.45, 2.75) is 31.3 Å². The zero-order chi connectivity index (χ0) is 20.2. The molecule has 2 aromatic heterocycles. The maximum Gasteiger partial charge on any atom is 0.165 e. The van der Waals surface area contributed by atoms with Crippen molar-refractivity contribution in [3.05, 3.63) is 42.5 Å². The second-order valence-corrected chi connectivity index (χ2v) is 7.84. The molecule has 0 saturated heterocycles. The molecule has 0 aliphatic heterocycles. The van der Waals surface area contributed by atoms with Crippen molar-refractivity contribution in [3.63, 3.8) is 0 Å². The van der Waals surface area contributed by atoms with Crippen LogP contribution >= 0.6 is 0 Å². The minimum Gasteiger partial charge on any atom is -0.497 e. The summed E-state index contributed by atoms with van der Waals surface area (Å²) in [7, 11) is 1.62. The molecule has 0 radical (unpaired) electrons. The number of nitrogen functional groups attached to an aromatic ring is 1. The lowest BCUT2D eigenvalue weighted by atomic mass is 10.00. The standard InChI is InChI=1S/C20H23N5O4/c1-28-12-4-2-11(3-5-12)7-29-16-15(13-6-20(13,8-26)17(16)27)25-10-24-14-18(21)22-9-23-19(14)25/h2-5,9-10,13,15-17,26-27H,6-8H2,1H3,(H2,21,22,23)/t13-,15-,16?,17-,20+/m1/s1. The number of methoxy groups -OCH3 is 1. The van der Waals surface area contributed by atoms with Crippen molar-refractivity contribution in [1.29, 1.82) is 0 Å². The quantitative estimate of drug-likeness (QED) is 0.560. The number of anilines is 1. The van der Waals surface area contributed by atoms with Gasteiger partial charge >= 0.3 is 0 Å². The second-order valence-electron chi connectivity index (χ2n) is 7.84. The van der Waals surface area contributed by atoms with Gasteiger partial charge in [0.15, 0.2) is 11.5 Å². The number of hydrogen-bond donors (Lipinski definition) is 3. The van der Waals surface area contributed by atoms with Crippen LogP contribution in [0.5, 0.6) is 5.75 Å². The molecule has 9 heteroatoms. The van der Waals surface area contributed by atoms with Gasteiger partial charge in [0.05, 0.1) is 38.8 Å². The number of hydrogen-bond acceptors (Lipinski definition) is 8. The van der Waals surface area contributed by atoms with Crippen LogP contribution in [0.1, 0.15) is 18.0 Å². The molecule has 9 nitrogen and oxygen atoms in total. The number of nitrogens with zero attached hydrogens (tertiary/aromatic N) is 4. The summed E-state index contributed by atoms with van der Waals surface area (Å²) in [6, 6.07) is 7.40. The SMILES string of the molecule is COc1ccc(COC2[C@@H](O)[C@]3(CO)C[C@@H]3[C@H]2n2cnc3c(N)ncnc32)cc1. The van der Waals surface area contributed by atoms with E-state index in [1.165, 1.54) is 6.33 Å². The normalized spacial score (nSPS) is 30.4. The highest BCUT2D eigenvalue weighted by Gasteiger charge is 2.71. The van der Waals surface area contributed by atoms with Gasteiger partial charge in [0.2, 0.25) is 0 Å². The van der Waals surface area contributed by atoms with Crippen molar-refractivity contribution >= 4 is 17.0 Å². The Balaban J connectivity index is 1.46. The van der Waals surface area contributed by atoms with Gasteiger partial charge in [-0.2, -0.15) is 0 Å². The van der Waals surface area contributed by atoms with Gasteiger partial charge in [-0.3, -0.25) is 0 Å². The molecule has 2 saturated carbocycles. The van der Waals surface area contributed by atoms with E-state index in [0.717, 1.165) is 17.7 Å². The highest BCUT2D eigenvalue weighted by Crippen LogP contribution is 2.68. The summed E-state index contributed by atoms with van der Waals surface area (Å²) in [6.07, 6.45) is 2.52. The molecule has 1 aromatic carbocycles. The molecule has 5 atom stereocenters. The van der Waals surface area contributed by atoms with Crippen LogP contribution in [0, 0.1) is 11.3 Å². The van der Waals surface area contributed by atoms with Crippen molar-refractivity contribution in [3.8, 4) is 5.75 Å². The zero-order valence-corrected chi connectivity index (χ0v) is 16.0. The van der Waals surface area contributed by atoms with Gasteiger partial charge < -0.3 is 30.0 Å². The van der Waals surface area contributed by atoms with Crippen LogP contribution in [0.3, 0.4) is 0 Å². The molecule has 4 N–H and O–H groups in total. The third-order valence-electron chi connectivity index (χ3n) is 6.43. The van der Waals surface area contributed by atoms with E-state index in [4.69, 9.17) is 15.2 Å². The number of aliphatic hydroxyl groups is 2. The predicted octanol–water partition coefficient (Wildman–Crippen LogP) is 0.917. The number of rotatable bonds is 6. The van der Waals surface area contributed by atoms with Crippen molar-refractivity contribution in [2.75, 3.05) is 19.5 Å². The van der Waals surface area contributed by atoms with Crippen molar-refractivity contribution in [1.82, 2.24) is 19.5 Å². The van der Waals surface area contributed by atoms with Gasteiger partial charge in [-0.15, -0.1) is 0 Å². The summed E-state index contributed by atoms with van der Waals surface area (Å²) in [5.41, 5.74) is 7.49. The van der Waals surface area contributed by atoms with Gasteiger partial charge in [-0.25, -0.2) is 15.0 Å². The molecule has 2 aliphatic rings. The summed E-state index contributed by atoms with van der Waals surface area (Å²) in [5, 5.41) is 21.0. The average Bonchev–Trinajstić information content (AvgIpc) is 3.25. The van der Waals surface area contributed by atoms with Crippen LogP contribution in [-0.4, -0.2) is 55.7 Å². The number of benzene rings is 1. The number of nitrogens with two attached hydrogens (primary N) is 1. The first kappa shape index (κ1) is 18.3. The first-order chi connectivity index (χ1) is 14.1. The molecular formula is C20H23N5O4. The van der Waals surface area contributed by atoms with Crippen LogP contribution in [0.25, 0.3) is 11.2 Å². The molecule has 2 heterocycles. The highest BCUT2D eigenvalue weighted by atomic mass is 16.5. The van der Waals surface area contributed by atoms with Gasteiger partial charge in [-0.05, 0) is 30.0 Å². The van der Waals surface area contributed by atoms with E-state index in [-0.39, 0.29) is 18.6 Å². The predicted molar refractivity (Wildman–Crippen MR) is 104 cm³/mol. The molecule has 152 valence electrons. The van der Waals surface area contributed by atoms with Crippen molar-refractivity contribution < 1.29 is 19.7 Å². The molecule has 2 fully saturated rings. The van der Waals surface area contributed by atoms with Crippen LogP contribution in [0.2, 0.25) is 0 Å². The van der Waals surface area contributed by atoms with Gasteiger partial charge in [0.1, 0.15) is 23.7 Å². The maximum atomic E-state index is 11.0. The van der Waals surface area contributed by atoms with E-state index in [1.807, 2.05) is 28.8 Å². The fourth-order valence-electron chi connectivity index (χ4n) is 4.71. The first-order valence-corrected chi connectivity index (χ1v) is 9.55. The van der Waals surface area contributed by atoms with E-state index in [1.54, 1.807) is 13.4 Å². The summed E-state index contributed by atoms with van der Waals surface area (Å²) >= 11 is 0. The minimum atomic E-state index is -0.780. The molecular weight excluding hydrogens is 374 g/mol. The molecule has 5 rings (SSSR count). The van der Waals surface area contributed by atoms with E-state index in [0.29, 0.717) is 23.6 Å². The average molecular weight is 397 g/mol. The summed E-state index contributed by atoms with van der Waals surface area (Å²) < 4.78 is 13.3. The lowest BCUT2D eigenvalue weighted by Gasteiger charge is -2.28. The Morgan fingerprint density at radius 1 is 1.24 bits per heavy atom. The summed E-state index contributed by atoms with van der Waals surface area (Å²) in [4.78, 5) is 12.7. The number of aromatic nitrogens is 4. The molecule has 0 amide bonds. The fraction of sp³-hybridized carbons (Fsp3) is 0.450. The lowest BCUT2D eigenvalue weighted by Crippen LogP contribution is -2.37. The Kier molecular flexibility index (Phi) is 4.19. The van der Waals surface area contributed by atoms with Crippen LogP contribution in [0.15, 0.2) is 36.9 Å². The highest BCUT2D eigenvalue weighted by molar-refractivity contribution is 5.81. The third kappa shape index (κ3) is 2.69. The Hall–Kier alpha value is -2.75. The Labute approximate surface area is 167 Å². The van der Waals surface area contributed by atoms with E-state index in [2.05, 4.69) is 15.0 Å². The van der Waals surface area contributed by atoms with E-state index < -0.39 is 17.6 Å². The van der Waals surface area contributed by atoms with Crippen LogP contribution < -0.4 is 10.5 Å². The summed E-state index contributed by atoms with van der Waals surface area (Å²) in [5.74, 6) is 1.17. The number of fused-ring (bicyclic) bond motifs is 2. The molecule has 2 aliphatic carbocycles. The van der Waals surface area contributed by atoms with Crippen LogP contribution in [-0.2, 0) is 11.3 Å². The lowest BCUT2D eigenvalue weighted by molar-refractivity contribution is -0.0784. The maximum absolute atomic E-state index is 11.0. The Morgan fingerprint density at radius 2 is 2.03 bits per heavy atom. The number of aliphatic hydroxyl groups excluding tert-OH is 2. The Morgan fingerprint density at radius 3 is 2.76 bits per heavy atom. The number of imidazole rings is 1. The molecule has 1 unspecified atom stereocenters. The Bertz CT molecular complexity index is 1040. The first-order valence-electron chi connectivity index (χ1n) is 9.55. The van der Waals surface area contributed by atoms with Gasteiger partial charge in [0, 0.05) is 5.41 Å². The van der Waals surface area contributed by atoms with E-state index >= 15 is 0 Å². The van der Waals surface area contributed by atoms with E-state index in [9.17, 15) is 10.2 Å². The summed E-state index contributed by atoms with van der Waals surface area (Å²) in [6.45, 7) is 0.252. The minimum absolute atomic E-state index is 0.0805. The molecule has 0 bridgehead atoms. The third-order valence-corrected chi connectivity index (χ3v) is 6.43. The largest absolute Gasteiger partial charge is 0.497 e. The van der Waals surface area contributed by atoms with Crippen LogP contribution in [0.4, 0.5) is 5.82 Å². The monoisotopic (exact) mass is 397 g/mol. The fourth-order valence-corrected chi connectivity index (χ4v) is 4.71. The second kappa shape index (κ2) is 6.65.